The Morgan fingerprint density at radius 3 is 0.920 bits per heavy atom. The van der Waals surface area contributed by atoms with E-state index in [1.807, 2.05) is 0 Å². The van der Waals surface area contributed by atoms with Gasteiger partial charge in [0.15, 0.2) is 0 Å². The molecule has 0 atom stereocenters. The van der Waals surface area contributed by atoms with Crippen LogP contribution >= 0.6 is 0 Å². The fourth-order valence-electron chi connectivity index (χ4n) is 4.32. The van der Waals surface area contributed by atoms with Crippen LogP contribution in [0.15, 0.2) is 0 Å². The van der Waals surface area contributed by atoms with E-state index < -0.39 is 42.4 Å². The van der Waals surface area contributed by atoms with E-state index in [0.29, 0.717) is 0 Å². The Morgan fingerprint density at radius 1 is 0.520 bits per heavy atom. The van der Waals surface area contributed by atoms with Crippen molar-refractivity contribution in [3.63, 3.8) is 0 Å². The third kappa shape index (κ3) is 6.29. The molecule has 25 heavy (non-hydrogen) atoms. The molecule has 2 fully saturated rings. The fraction of sp³-hybridized carbons (Fsp3) is 1.00. The molecule has 0 aromatic carbocycles. The molecule has 2 aliphatic rings. The maximum absolute atomic E-state index is 6.64. The van der Waals surface area contributed by atoms with Gasteiger partial charge >= 0.3 is 160 Å². The van der Waals surface area contributed by atoms with Crippen LogP contribution in [0.2, 0.25) is 0 Å². The molecule has 0 unspecified atom stereocenters. The van der Waals surface area contributed by atoms with Crippen molar-refractivity contribution in [3.05, 3.63) is 0 Å². The van der Waals surface area contributed by atoms with Crippen molar-refractivity contribution in [2.45, 2.75) is 77.8 Å². The second-order valence-corrected chi connectivity index (χ2v) is 15.5. The summed E-state index contributed by atoms with van der Waals surface area (Å²) in [6.45, 7) is 20.0. The molecule has 7 heteroatoms. The van der Waals surface area contributed by atoms with Gasteiger partial charge in [-0.05, 0) is 0 Å². The Morgan fingerprint density at radius 2 is 0.720 bits per heavy atom. The van der Waals surface area contributed by atoms with E-state index in [9.17, 15) is 0 Å². The van der Waals surface area contributed by atoms with Crippen LogP contribution in [0.25, 0.3) is 0 Å². The quantitative estimate of drug-likeness (QED) is 0.513. The van der Waals surface area contributed by atoms with Gasteiger partial charge in [0, 0.05) is 0 Å². The zero-order chi connectivity index (χ0) is 19.3. The van der Waals surface area contributed by atoms with E-state index in [-0.39, 0.29) is 0 Å². The van der Waals surface area contributed by atoms with Crippen molar-refractivity contribution in [3.8, 4) is 0 Å². The molecule has 2 heterocycles. The van der Waals surface area contributed by atoms with Gasteiger partial charge in [-0.1, -0.05) is 0 Å². The first kappa shape index (κ1) is 21.9. The predicted octanol–water partition coefficient (Wildman–Crippen LogP) is 2.49. The van der Waals surface area contributed by atoms with Gasteiger partial charge in [-0.3, -0.25) is 0 Å². The minimum absolute atomic E-state index is 0.390. The van der Waals surface area contributed by atoms with Crippen molar-refractivity contribution in [1.29, 1.82) is 0 Å². The molecule has 1 spiro atoms. The average molecular weight is 465 g/mol. The molecule has 0 bridgehead atoms. The van der Waals surface area contributed by atoms with Gasteiger partial charge in [0.1, 0.15) is 0 Å². The van der Waals surface area contributed by atoms with Crippen LogP contribution in [-0.4, -0.2) is 92.5 Å². The Labute approximate surface area is 160 Å². The first-order valence-corrected chi connectivity index (χ1v) is 13.9. The Balaban J connectivity index is 2.46. The minimum atomic E-state index is -4.34. The monoisotopic (exact) mass is 466 g/mol. The summed E-state index contributed by atoms with van der Waals surface area (Å²) in [5, 5.41) is 0. The molecular weight excluding hydrogens is 427 g/mol. The first-order valence-electron chi connectivity index (χ1n) is 9.21. The summed E-state index contributed by atoms with van der Waals surface area (Å²) < 4.78 is 26.6. The number of likely N-dealkylation sites (N-methyl/N-ethyl adjacent to an activating group) is 2. The summed E-state index contributed by atoms with van der Waals surface area (Å²) >= 11 is -4.34. The molecule has 2 saturated heterocycles. The van der Waals surface area contributed by atoms with Crippen LogP contribution in [0, 0.1) is 0 Å². The summed E-state index contributed by atoms with van der Waals surface area (Å²) in [6, 6.07) is 0. The molecular formula is C18H38N2O4Sn. The summed E-state index contributed by atoms with van der Waals surface area (Å²) in [5.41, 5.74) is -1.56. The van der Waals surface area contributed by atoms with E-state index in [2.05, 4.69) is 79.3 Å². The standard InChI is InChI=1S/2C9H19NO2.Sn/c2*1-8(2,11)6-10(5)7-9(3,4)12;/h2*6-7H2,1-5H3;/q2*-2;+4. The second kappa shape index (κ2) is 6.87. The van der Waals surface area contributed by atoms with Gasteiger partial charge in [-0.15, -0.1) is 0 Å². The van der Waals surface area contributed by atoms with Crippen LogP contribution in [-0.2, 0) is 12.3 Å². The average Bonchev–Trinajstić information content (AvgIpc) is 2.15. The number of rotatable bonds is 0. The molecule has 0 radical (unpaired) electrons. The van der Waals surface area contributed by atoms with Gasteiger partial charge < -0.3 is 0 Å². The van der Waals surface area contributed by atoms with E-state index in [1.165, 1.54) is 0 Å². The molecule has 0 saturated carbocycles. The third-order valence-electron chi connectivity index (χ3n) is 4.21. The van der Waals surface area contributed by atoms with Crippen LogP contribution < -0.4 is 0 Å². The molecule has 0 aromatic rings. The molecule has 0 aromatic heterocycles. The molecule has 2 rings (SSSR count). The summed E-state index contributed by atoms with van der Waals surface area (Å²) in [7, 11) is 4.21. The van der Waals surface area contributed by atoms with E-state index in [4.69, 9.17) is 12.3 Å². The molecule has 0 amide bonds. The molecule has 2 aliphatic heterocycles. The van der Waals surface area contributed by atoms with E-state index in [0.717, 1.165) is 26.2 Å². The van der Waals surface area contributed by atoms with Crippen molar-refractivity contribution < 1.29 is 12.3 Å². The molecule has 0 aliphatic carbocycles. The number of nitrogens with zero attached hydrogens (tertiary/aromatic N) is 2. The Kier molecular flexibility index (Phi) is 6.00. The normalized spacial score (nSPS) is 32.4. The van der Waals surface area contributed by atoms with Crippen LogP contribution in [0.4, 0.5) is 0 Å². The summed E-state index contributed by atoms with van der Waals surface area (Å²) in [6.07, 6.45) is 0. The first-order chi connectivity index (χ1) is 11.0. The van der Waals surface area contributed by atoms with E-state index in [1.54, 1.807) is 0 Å². The van der Waals surface area contributed by atoms with Gasteiger partial charge in [0.05, 0.1) is 0 Å². The van der Waals surface area contributed by atoms with Gasteiger partial charge in [-0.2, -0.15) is 0 Å². The van der Waals surface area contributed by atoms with Crippen molar-refractivity contribution in [2.75, 3.05) is 40.3 Å². The molecule has 0 N–H and O–H groups in total. The van der Waals surface area contributed by atoms with Gasteiger partial charge in [0.25, 0.3) is 0 Å². The van der Waals surface area contributed by atoms with Crippen LogP contribution in [0.3, 0.4) is 0 Å². The van der Waals surface area contributed by atoms with Crippen LogP contribution in [0.1, 0.15) is 55.4 Å². The summed E-state index contributed by atoms with van der Waals surface area (Å²) in [5.74, 6) is 0. The fourth-order valence-corrected chi connectivity index (χ4v) is 13.5. The van der Waals surface area contributed by atoms with Crippen molar-refractivity contribution >= 4 is 20.0 Å². The van der Waals surface area contributed by atoms with Gasteiger partial charge in [-0.25, -0.2) is 0 Å². The molecule has 148 valence electrons. The Bertz CT molecular complexity index is 406. The Hall–Kier alpha value is 0.559. The van der Waals surface area contributed by atoms with Crippen LogP contribution in [0.5, 0.6) is 0 Å². The molecule has 6 nitrogen and oxygen atoms in total. The van der Waals surface area contributed by atoms with Crippen molar-refractivity contribution in [2.24, 2.45) is 0 Å². The topological polar surface area (TPSA) is 43.4 Å². The number of hydrogen-bond acceptors (Lipinski definition) is 6. The van der Waals surface area contributed by atoms with Gasteiger partial charge in [0.2, 0.25) is 0 Å². The summed E-state index contributed by atoms with van der Waals surface area (Å²) in [4.78, 5) is 4.51. The second-order valence-electron chi connectivity index (χ2n) is 10.3. The SMILES string of the molecule is CN1CC(C)(C)[O][Sn]2([O]C(C)(C)C1)[O]C(C)(C)CN(C)CC(C)(C)[O]2. The zero-order valence-corrected chi connectivity index (χ0v) is 20.7. The van der Waals surface area contributed by atoms with E-state index >= 15 is 0 Å². The number of hydrogen-bond donors (Lipinski definition) is 0. The predicted molar refractivity (Wildman–Crippen MR) is 101 cm³/mol. The van der Waals surface area contributed by atoms with Crippen molar-refractivity contribution in [1.82, 2.24) is 9.80 Å². The maximum atomic E-state index is 6.64. The zero-order valence-electron chi connectivity index (χ0n) is 17.9. The third-order valence-corrected chi connectivity index (χ3v) is 13.4.